The van der Waals surface area contributed by atoms with Crippen molar-refractivity contribution in [3.8, 4) is 11.3 Å². The number of aryl methyl sites for hydroxylation is 1. The molecule has 3 aromatic rings. The first-order valence-corrected chi connectivity index (χ1v) is 15.3. The van der Waals surface area contributed by atoms with E-state index in [1.165, 1.54) is 19.3 Å². The van der Waals surface area contributed by atoms with Crippen molar-refractivity contribution in [2.24, 2.45) is 0 Å². The lowest BCUT2D eigenvalue weighted by Crippen LogP contribution is -2.29. The summed E-state index contributed by atoms with van der Waals surface area (Å²) in [6.07, 6.45) is 5.86. The molecule has 1 fully saturated rings. The maximum absolute atomic E-state index is 13.3. The van der Waals surface area contributed by atoms with Crippen molar-refractivity contribution >= 4 is 41.5 Å². The normalized spacial score (nSPS) is 13.0. The third-order valence-corrected chi connectivity index (χ3v) is 7.52. The van der Waals surface area contributed by atoms with Crippen molar-refractivity contribution in [1.82, 2.24) is 4.98 Å². The minimum Gasteiger partial charge on any atom is -0.483 e. The van der Waals surface area contributed by atoms with Gasteiger partial charge in [0.2, 0.25) is 0 Å². The average molecular weight is 592 g/mol. The van der Waals surface area contributed by atoms with E-state index in [0.717, 1.165) is 46.8 Å². The van der Waals surface area contributed by atoms with Crippen molar-refractivity contribution in [1.29, 1.82) is 0 Å². The van der Waals surface area contributed by atoms with Crippen LogP contribution in [-0.2, 0) is 20.1 Å². The van der Waals surface area contributed by atoms with Gasteiger partial charge in [-0.25, -0.2) is 0 Å². The van der Waals surface area contributed by atoms with Gasteiger partial charge in [0.1, 0.15) is 5.60 Å². The Balaban J connectivity index is 0.00000155. The second kappa shape index (κ2) is 16.0. The molecule has 1 amide bonds. The highest BCUT2D eigenvalue weighted by atomic mass is 32.2. The van der Waals surface area contributed by atoms with Crippen molar-refractivity contribution < 1.29 is 24.2 Å². The van der Waals surface area contributed by atoms with Gasteiger partial charge in [-0.15, -0.1) is 0 Å². The number of benzene rings is 2. The number of rotatable bonds is 9. The zero-order valence-electron chi connectivity index (χ0n) is 24.9. The lowest BCUT2D eigenvalue weighted by atomic mass is 10.0. The Morgan fingerprint density at radius 2 is 1.81 bits per heavy atom. The second-order valence-electron chi connectivity index (χ2n) is 11.1. The van der Waals surface area contributed by atoms with E-state index in [4.69, 9.17) is 14.6 Å². The summed E-state index contributed by atoms with van der Waals surface area (Å²) in [7, 11) is 0. The van der Waals surface area contributed by atoms with E-state index in [1.54, 1.807) is 11.8 Å². The van der Waals surface area contributed by atoms with Crippen LogP contribution < -0.4 is 10.2 Å². The van der Waals surface area contributed by atoms with E-state index in [9.17, 15) is 9.59 Å². The molecule has 42 heavy (non-hydrogen) atoms. The predicted molar refractivity (Wildman–Crippen MR) is 170 cm³/mol. The van der Waals surface area contributed by atoms with Crippen LogP contribution in [-0.4, -0.2) is 52.9 Å². The molecule has 224 valence electrons. The first-order valence-electron chi connectivity index (χ1n) is 14.2. The van der Waals surface area contributed by atoms with Crippen LogP contribution in [0.25, 0.3) is 11.3 Å². The Bertz CT molecular complexity index is 1350. The number of hydrogen-bond donors (Lipinski definition) is 2. The van der Waals surface area contributed by atoms with Gasteiger partial charge in [0, 0.05) is 47.6 Å². The topological polar surface area (TPSA) is 109 Å². The summed E-state index contributed by atoms with van der Waals surface area (Å²) in [6.45, 7) is 9.52. The van der Waals surface area contributed by atoms with Gasteiger partial charge in [-0.1, -0.05) is 12.1 Å². The van der Waals surface area contributed by atoms with Crippen LogP contribution in [0.4, 0.5) is 11.4 Å². The first-order chi connectivity index (χ1) is 20.1. The Morgan fingerprint density at radius 1 is 1.07 bits per heavy atom. The molecule has 4 rings (SSSR count). The van der Waals surface area contributed by atoms with E-state index in [-0.39, 0.29) is 18.3 Å². The summed E-state index contributed by atoms with van der Waals surface area (Å²) in [5.41, 5.74) is 5.97. The molecule has 0 unspecified atom stereocenters. The van der Waals surface area contributed by atoms with E-state index in [1.807, 2.05) is 63.4 Å². The van der Waals surface area contributed by atoms with Crippen LogP contribution in [0.5, 0.6) is 0 Å². The molecular formula is C33H41N3O5S. The molecular weight excluding hydrogens is 550 g/mol. The largest absolute Gasteiger partial charge is 0.483 e. The van der Waals surface area contributed by atoms with Crippen LogP contribution in [0.1, 0.15) is 67.9 Å². The number of nitrogens with one attached hydrogen (secondary N) is 1. The highest BCUT2D eigenvalue weighted by Crippen LogP contribution is 2.33. The monoisotopic (exact) mass is 591 g/mol. The zero-order valence-corrected chi connectivity index (χ0v) is 25.7. The van der Waals surface area contributed by atoms with Crippen molar-refractivity contribution in [3.05, 3.63) is 77.5 Å². The summed E-state index contributed by atoms with van der Waals surface area (Å²) in [5.74, 6) is 1.04. The van der Waals surface area contributed by atoms with Crippen molar-refractivity contribution in [2.45, 2.75) is 64.7 Å². The summed E-state index contributed by atoms with van der Waals surface area (Å²) < 4.78 is 5.37. The summed E-state index contributed by atoms with van der Waals surface area (Å²) in [4.78, 5) is 40.7. The molecule has 1 aromatic heterocycles. The van der Waals surface area contributed by atoms with Crippen molar-refractivity contribution in [2.75, 3.05) is 29.1 Å². The molecule has 8 nitrogen and oxygen atoms in total. The number of carbonyl (C=O) groups is 3. The number of nitrogens with zero attached hydrogens (tertiary/aromatic N) is 2. The number of amides is 1. The molecule has 0 spiro atoms. The Labute approximate surface area is 252 Å². The number of pyridine rings is 1. The maximum Gasteiger partial charge on any atom is 0.307 e. The fourth-order valence-corrected chi connectivity index (χ4v) is 5.49. The predicted octanol–water partition coefficient (Wildman–Crippen LogP) is 6.97. The molecule has 0 radical (unpaired) electrons. The maximum atomic E-state index is 13.3. The standard InChI is InChI=1S/C32H39N3O3S.CH2O2/c1-23-13-15-33-29(19-23)27-21-26(35-16-6-5-7-17-35)11-12-28(27)34-31(37)25-10-8-9-24(20-25)22-39-18-14-30(36)38-32(2,3)4;2-1-3/h8-13,15,19-21H,5-7,14,16-18,22H2,1-4H3,(H,34,37);1H,(H,2,3). The number of esters is 1. The van der Waals surface area contributed by atoms with Gasteiger partial charge in [0.15, 0.2) is 0 Å². The number of thioether (sulfide) groups is 1. The number of carbonyl (C=O) groups excluding carboxylic acids is 2. The van der Waals surface area contributed by atoms with Gasteiger partial charge in [0.05, 0.1) is 17.8 Å². The fourth-order valence-electron chi connectivity index (χ4n) is 4.62. The van der Waals surface area contributed by atoms with E-state index < -0.39 is 5.60 Å². The van der Waals surface area contributed by atoms with Gasteiger partial charge in [-0.3, -0.25) is 19.4 Å². The molecule has 0 saturated carbocycles. The lowest BCUT2D eigenvalue weighted by Gasteiger charge is -2.29. The minimum atomic E-state index is -0.466. The average Bonchev–Trinajstić information content (AvgIpc) is 2.96. The first kappa shape index (κ1) is 32.7. The summed E-state index contributed by atoms with van der Waals surface area (Å²) in [6, 6.07) is 17.9. The fraction of sp³-hybridized carbons (Fsp3) is 0.394. The highest BCUT2D eigenvalue weighted by molar-refractivity contribution is 7.98. The molecule has 2 heterocycles. The summed E-state index contributed by atoms with van der Waals surface area (Å²) >= 11 is 1.66. The van der Waals surface area contributed by atoms with Gasteiger partial charge >= 0.3 is 5.97 Å². The second-order valence-corrected chi connectivity index (χ2v) is 12.3. The van der Waals surface area contributed by atoms with Crippen LogP contribution in [0.2, 0.25) is 0 Å². The molecule has 9 heteroatoms. The lowest BCUT2D eigenvalue weighted by molar-refractivity contribution is -0.154. The van der Waals surface area contributed by atoms with Gasteiger partial charge in [0.25, 0.3) is 12.4 Å². The molecule has 2 aromatic carbocycles. The summed E-state index contributed by atoms with van der Waals surface area (Å²) in [5, 5.41) is 10.0. The number of carboxylic acid groups (broad SMARTS) is 1. The van der Waals surface area contributed by atoms with Gasteiger partial charge < -0.3 is 20.1 Å². The van der Waals surface area contributed by atoms with Crippen LogP contribution in [0.3, 0.4) is 0 Å². The third kappa shape index (κ3) is 10.5. The molecule has 1 aliphatic heterocycles. The minimum absolute atomic E-state index is 0.157. The molecule has 0 bridgehead atoms. The molecule has 2 N–H and O–H groups in total. The third-order valence-electron chi connectivity index (χ3n) is 6.49. The smallest absolute Gasteiger partial charge is 0.307 e. The Kier molecular flexibility index (Phi) is 12.4. The van der Waals surface area contributed by atoms with Crippen LogP contribution >= 0.6 is 11.8 Å². The number of hydrogen-bond acceptors (Lipinski definition) is 7. The number of aromatic nitrogens is 1. The van der Waals surface area contributed by atoms with E-state index in [2.05, 4.69) is 40.3 Å². The van der Waals surface area contributed by atoms with Gasteiger partial charge in [-0.05, 0) is 101 Å². The van der Waals surface area contributed by atoms with E-state index in [0.29, 0.717) is 23.5 Å². The number of ether oxygens (including phenoxy) is 1. The number of anilines is 2. The zero-order chi connectivity index (χ0) is 30.5. The van der Waals surface area contributed by atoms with Crippen molar-refractivity contribution in [3.63, 3.8) is 0 Å². The van der Waals surface area contributed by atoms with E-state index >= 15 is 0 Å². The highest BCUT2D eigenvalue weighted by Gasteiger charge is 2.18. The molecule has 1 aliphatic rings. The van der Waals surface area contributed by atoms with Crippen LogP contribution in [0, 0.1) is 6.92 Å². The van der Waals surface area contributed by atoms with Crippen LogP contribution in [0.15, 0.2) is 60.8 Å². The molecule has 0 aliphatic carbocycles. The Hall–Kier alpha value is -3.85. The number of piperidine rings is 1. The SMILES string of the molecule is Cc1ccnc(-c2cc(N3CCCCC3)ccc2NC(=O)c2cccc(CSCCC(=O)OC(C)(C)C)c2)c1.O=CO. The van der Waals surface area contributed by atoms with Gasteiger partial charge in [-0.2, -0.15) is 11.8 Å². The molecule has 1 saturated heterocycles. The quantitative estimate of drug-likeness (QED) is 0.156. The Morgan fingerprint density at radius 3 is 2.50 bits per heavy atom. The molecule has 0 atom stereocenters.